The first-order valence-corrected chi connectivity index (χ1v) is 7.52. The summed E-state index contributed by atoms with van der Waals surface area (Å²) < 4.78 is 0. The van der Waals surface area contributed by atoms with E-state index in [1.54, 1.807) is 0 Å². The van der Waals surface area contributed by atoms with Gasteiger partial charge in [0.05, 0.1) is 0 Å². The second kappa shape index (κ2) is 15.9. The van der Waals surface area contributed by atoms with Crippen LogP contribution in [0.2, 0.25) is 0 Å². The Hall–Kier alpha value is -0.120. The first-order valence-electron chi connectivity index (χ1n) is 7.52. The zero-order chi connectivity index (χ0) is 12.6. The number of hydrogen-bond acceptors (Lipinski definition) is 3. The molecule has 0 atom stereocenters. The fraction of sp³-hybridized carbons (Fsp3) is 1.00. The summed E-state index contributed by atoms with van der Waals surface area (Å²) in [5.41, 5.74) is 10.9. The maximum absolute atomic E-state index is 5.45. The van der Waals surface area contributed by atoms with Gasteiger partial charge in [-0.05, 0) is 51.9 Å². The second-order valence-corrected chi connectivity index (χ2v) is 4.86. The van der Waals surface area contributed by atoms with Gasteiger partial charge in [-0.2, -0.15) is 0 Å². The fourth-order valence-electron chi connectivity index (χ4n) is 1.97. The number of unbranched alkanes of at least 4 members (excludes halogenated alkanes) is 8. The lowest BCUT2D eigenvalue weighted by molar-refractivity contribution is 0.547. The third kappa shape index (κ3) is 15.9. The number of nitrogens with two attached hydrogens (primary N) is 2. The Bertz CT molecular complexity index is 115. The molecular weight excluding hydrogens is 210 g/mol. The van der Waals surface area contributed by atoms with E-state index in [1.807, 2.05) is 0 Å². The van der Waals surface area contributed by atoms with E-state index in [0.717, 1.165) is 13.1 Å². The monoisotopic (exact) mass is 243 g/mol. The van der Waals surface area contributed by atoms with Gasteiger partial charge in [-0.15, -0.1) is 0 Å². The Morgan fingerprint density at radius 1 is 0.471 bits per heavy atom. The van der Waals surface area contributed by atoms with Crippen LogP contribution < -0.4 is 16.8 Å². The summed E-state index contributed by atoms with van der Waals surface area (Å²) in [6.07, 6.45) is 13.0. The van der Waals surface area contributed by atoms with Gasteiger partial charge in [0.15, 0.2) is 0 Å². The third-order valence-corrected chi connectivity index (χ3v) is 3.12. The van der Waals surface area contributed by atoms with Crippen LogP contribution in [0.5, 0.6) is 0 Å². The van der Waals surface area contributed by atoms with Gasteiger partial charge in [0, 0.05) is 0 Å². The molecule has 0 rings (SSSR count). The van der Waals surface area contributed by atoms with Crippen LogP contribution in [-0.2, 0) is 0 Å². The summed E-state index contributed by atoms with van der Waals surface area (Å²) in [6.45, 7) is 4.07. The van der Waals surface area contributed by atoms with Crippen LogP contribution in [0.1, 0.15) is 64.2 Å². The minimum absolute atomic E-state index is 0.850. The SMILES string of the molecule is NCCCCCCCNCCCCCCCN. The molecule has 0 aliphatic rings. The molecule has 0 aliphatic heterocycles. The summed E-state index contributed by atoms with van der Waals surface area (Å²) in [7, 11) is 0. The Morgan fingerprint density at radius 2 is 0.824 bits per heavy atom. The highest BCUT2D eigenvalue weighted by molar-refractivity contribution is 4.51. The molecule has 0 aliphatic carbocycles. The van der Waals surface area contributed by atoms with Crippen molar-refractivity contribution in [2.45, 2.75) is 64.2 Å². The van der Waals surface area contributed by atoms with E-state index in [2.05, 4.69) is 5.32 Å². The lowest BCUT2D eigenvalue weighted by Gasteiger charge is -2.04. The van der Waals surface area contributed by atoms with E-state index in [9.17, 15) is 0 Å². The van der Waals surface area contributed by atoms with E-state index in [-0.39, 0.29) is 0 Å². The molecule has 0 saturated carbocycles. The predicted octanol–water partition coefficient (Wildman–Crippen LogP) is 2.39. The van der Waals surface area contributed by atoms with Gasteiger partial charge in [-0.25, -0.2) is 0 Å². The van der Waals surface area contributed by atoms with Gasteiger partial charge < -0.3 is 16.8 Å². The van der Waals surface area contributed by atoms with E-state index >= 15 is 0 Å². The maximum Gasteiger partial charge on any atom is -0.00489 e. The van der Waals surface area contributed by atoms with Crippen molar-refractivity contribution in [3.8, 4) is 0 Å². The zero-order valence-electron chi connectivity index (χ0n) is 11.6. The van der Waals surface area contributed by atoms with E-state index in [0.29, 0.717) is 0 Å². The van der Waals surface area contributed by atoms with Crippen molar-refractivity contribution >= 4 is 0 Å². The number of nitrogens with one attached hydrogen (secondary N) is 1. The van der Waals surface area contributed by atoms with Crippen molar-refractivity contribution in [1.82, 2.24) is 5.32 Å². The normalized spacial score (nSPS) is 10.9. The molecule has 0 saturated heterocycles. The average Bonchev–Trinajstić information content (AvgIpc) is 2.35. The Balaban J connectivity index is 2.85. The van der Waals surface area contributed by atoms with Crippen molar-refractivity contribution in [3.63, 3.8) is 0 Å². The van der Waals surface area contributed by atoms with Crippen LogP contribution in [0.3, 0.4) is 0 Å². The molecule has 5 N–H and O–H groups in total. The number of rotatable bonds is 14. The van der Waals surface area contributed by atoms with Crippen molar-refractivity contribution < 1.29 is 0 Å². The van der Waals surface area contributed by atoms with Gasteiger partial charge in [0.2, 0.25) is 0 Å². The molecule has 0 heterocycles. The van der Waals surface area contributed by atoms with Crippen LogP contribution >= 0.6 is 0 Å². The Labute approximate surface area is 108 Å². The molecule has 0 aromatic heterocycles. The summed E-state index contributed by atoms with van der Waals surface area (Å²) in [6, 6.07) is 0. The number of hydrogen-bond donors (Lipinski definition) is 3. The van der Waals surface area contributed by atoms with Gasteiger partial charge in [0.1, 0.15) is 0 Å². The Kier molecular flexibility index (Phi) is 15.8. The van der Waals surface area contributed by atoms with Gasteiger partial charge in [0.25, 0.3) is 0 Å². The first kappa shape index (κ1) is 16.9. The molecule has 0 radical (unpaired) electrons. The molecule has 3 heteroatoms. The van der Waals surface area contributed by atoms with Crippen LogP contribution in [-0.4, -0.2) is 26.2 Å². The zero-order valence-corrected chi connectivity index (χ0v) is 11.6. The maximum atomic E-state index is 5.45. The summed E-state index contributed by atoms with van der Waals surface area (Å²) in [5, 5.41) is 3.52. The van der Waals surface area contributed by atoms with Gasteiger partial charge in [-0.1, -0.05) is 38.5 Å². The molecule has 0 spiro atoms. The van der Waals surface area contributed by atoms with Crippen molar-refractivity contribution in [3.05, 3.63) is 0 Å². The highest BCUT2D eigenvalue weighted by Gasteiger charge is 1.92. The standard InChI is InChI=1S/C14H33N3/c15-11-7-3-1-5-9-13-17-14-10-6-2-4-8-12-16/h17H,1-16H2. The van der Waals surface area contributed by atoms with Crippen LogP contribution in [0.4, 0.5) is 0 Å². The van der Waals surface area contributed by atoms with Crippen molar-refractivity contribution in [2.75, 3.05) is 26.2 Å². The molecule has 104 valence electrons. The highest BCUT2D eigenvalue weighted by atomic mass is 14.8. The molecule has 0 fully saturated rings. The van der Waals surface area contributed by atoms with Crippen molar-refractivity contribution in [2.24, 2.45) is 11.5 Å². The second-order valence-electron chi connectivity index (χ2n) is 4.86. The average molecular weight is 243 g/mol. The Morgan fingerprint density at radius 3 is 1.24 bits per heavy atom. The van der Waals surface area contributed by atoms with Gasteiger partial charge in [-0.3, -0.25) is 0 Å². The first-order chi connectivity index (χ1) is 8.41. The van der Waals surface area contributed by atoms with Gasteiger partial charge >= 0.3 is 0 Å². The molecule has 0 unspecified atom stereocenters. The fourth-order valence-corrected chi connectivity index (χ4v) is 1.97. The van der Waals surface area contributed by atoms with Crippen LogP contribution in [0.25, 0.3) is 0 Å². The molecule has 0 aromatic carbocycles. The lowest BCUT2D eigenvalue weighted by Crippen LogP contribution is -2.16. The largest absolute Gasteiger partial charge is 0.330 e. The molecule has 0 bridgehead atoms. The quantitative estimate of drug-likeness (QED) is 0.410. The third-order valence-electron chi connectivity index (χ3n) is 3.12. The van der Waals surface area contributed by atoms with E-state index in [4.69, 9.17) is 11.5 Å². The van der Waals surface area contributed by atoms with Crippen LogP contribution in [0.15, 0.2) is 0 Å². The minimum atomic E-state index is 0.850. The molecular formula is C14H33N3. The summed E-state index contributed by atoms with van der Waals surface area (Å²) in [5.74, 6) is 0. The lowest BCUT2D eigenvalue weighted by atomic mass is 10.1. The van der Waals surface area contributed by atoms with E-state index in [1.165, 1.54) is 77.3 Å². The molecule has 3 nitrogen and oxygen atoms in total. The molecule has 0 amide bonds. The van der Waals surface area contributed by atoms with Crippen molar-refractivity contribution in [1.29, 1.82) is 0 Å². The van der Waals surface area contributed by atoms with E-state index < -0.39 is 0 Å². The predicted molar refractivity (Wildman–Crippen MR) is 77.1 cm³/mol. The minimum Gasteiger partial charge on any atom is -0.330 e. The summed E-state index contributed by atoms with van der Waals surface area (Å²) in [4.78, 5) is 0. The molecule has 0 aromatic rings. The van der Waals surface area contributed by atoms with Crippen LogP contribution in [0, 0.1) is 0 Å². The topological polar surface area (TPSA) is 64.1 Å². The highest BCUT2D eigenvalue weighted by Crippen LogP contribution is 2.02. The smallest absolute Gasteiger partial charge is 0.00489 e. The summed E-state index contributed by atoms with van der Waals surface area (Å²) >= 11 is 0. The molecule has 17 heavy (non-hydrogen) atoms.